The molecule has 0 aliphatic carbocycles. The maximum absolute atomic E-state index is 12.7. The minimum absolute atomic E-state index is 0.0623. The van der Waals surface area contributed by atoms with E-state index in [1.165, 1.54) is 0 Å². The van der Waals surface area contributed by atoms with Crippen LogP contribution in [0.3, 0.4) is 0 Å². The van der Waals surface area contributed by atoms with Gasteiger partial charge in [0.2, 0.25) is 11.8 Å². The van der Waals surface area contributed by atoms with Gasteiger partial charge in [-0.2, -0.15) is 0 Å². The summed E-state index contributed by atoms with van der Waals surface area (Å²) < 4.78 is 0. The average Bonchev–Trinajstić information content (AvgIpc) is 2.72. The molecular formula is C20H29NO4. The van der Waals surface area contributed by atoms with E-state index in [2.05, 4.69) is 0 Å². The minimum atomic E-state index is -0.848. The second-order valence-corrected chi connectivity index (χ2v) is 7.37. The van der Waals surface area contributed by atoms with Crippen LogP contribution in [0.1, 0.15) is 60.8 Å². The zero-order valence-corrected chi connectivity index (χ0v) is 16.0. The zero-order valence-electron chi connectivity index (χ0n) is 16.0. The molecule has 0 unspecified atom stereocenters. The van der Waals surface area contributed by atoms with E-state index in [0.29, 0.717) is 0 Å². The highest BCUT2D eigenvalue weighted by Gasteiger charge is 2.44. The maximum atomic E-state index is 12.7. The van der Waals surface area contributed by atoms with Crippen LogP contribution in [0, 0.1) is 5.92 Å². The van der Waals surface area contributed by atoms with Crippen molar-refractivity contribution in [3.8, 4) is 0 Å². The number of amides is 1. The van der Waals surface area contributed by atoms with E-state index in [-0.39, 0.29) is 36.7 Å². The number of rotatable bonds is 7. The van der Waals surface area contributed by atoms with E-state index in [1.54, 1.807) is 6.08 Å². The maximum Gasteiger partial charge on any atom is 0.233 e. The molecule has 1 aliphatic heterocycles. The molecule has 1 atom stereocenters. The number of Topliss-reactive ketones (excluding diaryl/α,β-unsaturated/α-hetero) is 2. The molecule has 0 aromatic carbocycles. The van der Waals surface area contributed by atoms with Crippen LogP contribution in [0.25, 0.3) is 0 Å². The molecule has 0 aromatic heterocycles. The van der Waals surface area contributed by atoms with Crippen molar-refractivity contribution in [2.75, 3.05) is 0 Å². The number of carbonyl (C=O) groups is 3. The monoisotopic (exact) mass is 347 g/mol. The molecule has 0 saturated carbocycles. The van der Waals surface area contributed by atoms with Crippen molar-refractivity contribution < 1.29 is 19.5 Å². The Morgan fingerprint density at radius 1 is 1.12 bits per heavy atom. The molecule has 138 valence electrons. The molecule has 1 N–H and O–H groups in total. The van der Waals surface area contributed by atoms with Crippen molar-refractivity contribution in [1.29, 1.82) is 0 Å². The third-order valence-corrected chi connectivity index (χ3v) is 3.89. The Labute approximate surface area is 150 Å². The molecule has 1 aliphatic rings. The van der Waals surface area contributed by atoms with Gasteiger partial charge in [-0.3, -0.25) is 19.3 Å². The number of aliphatic hydroxyl groups is 1. The van der Waals surface area contributed by atoms with Crippen LogP contribution in [0.5, 0.6) is 0 Å². The van der Waals surface area contributed by atoms with Crippen molar-refractivity contribution >= 4 is 17.5 Å². The van der Waals surface area contributed by atoms with Crippen LogP contribution < -0.4 is 0 Å². The number of allylic oxidation sites excluding steroid dienone is 2. The van der Waals surface area contributed by atoms with Gasteiger partial charge in [-0.05, 0) is 40.0 Å². The van der Waals surface area contributed by atoms with Crippen molar-refractivity contribution in [3.05, 3.63) is 34.8 Å². The van der Waals surface area contributed by atoms with Gasteiger partial charge < -0.3 is 5.11 Å². The number of ketones is 2. The van der Waals surface area contributed by atoms with Crippen LogP contribution >= 0.6 is 0 Å². The van der Waals surface area contributed by atoms with Gasteiger partial charge in [0.15, 0.2) is 11.6 Å². The van der Waals surface area contributed by atoms with Crippen molar-refractivity contribution in [1.82, 2.24) is 4.90 Å². The fourth-order valence-electron chi connectivity index (χ4n) is 2.64. The smallest absolute Gasteiger partial charge is 0.233 e. The number of nitrogens with zero attached hydrogens (tertiary/aromatic N) is 1. The van der Waals surface area contributed by atoms with Gasteiger partial charge in [-0.1, -0.05) is 37.1 Å². The summed E-state index contributed by atoms with van der Waals surface area (Å²) in [6, 6.07) is -0.848. The molecule has 1 heterocycles. The molecule has 0 bridgehead atoms. The van der Waals surface area contributed by atoms with Gasteiger partial charge in [0.25, 0.3) is 0 Å². The van der Waals surface area contributed by atoms with Crippen LogP contribution in [0.15, 0.2) is 34.8 Å². The summed E-state index contributed by atoms with van der Waals surface area (Å²) in [5.41, 5.74) is 1.75. The highest BCUT2D eigenvalue weighted by molar-refractivity contribution is 6.24. The Balaban J connectivity index is 3.23. The Morgan fingerprint density at radius 3 is 2.16 bits per heavy atom. The van der Waals surface area contributed by atoms with Crippen molar-refractivity contribution in [3.63, 3.8) is 0 Å². The molecule has 1 rings (SSSR count). The Bertz CT molecular complexity index is 645. The average molecular weight is 347 g/mol. The summed E-state index contributed by atoms with van der Waals surface area (Å²) in [4.78, 5) is 38.8. The van der Waals surface area contributed by atoms with Crippen molar-refractivity contribution in [2.24, 2.45) is 5.92 Å². The van der Waals surface area contributed by atoms with Gasteiger partial charge in [0, 0.05) is 12.8 Å². The first-order valence-electron chi connectivity index (χ1n) is 8.65. The lowest BCUT2D eigenvalue weighted by molar-refractivity contribution is -0.135. The summed E-state index contributed by atoms with van der Waals surface area (Å²) in [5.74, 6) is -1.68. The molecule has 0 aromatic rings. The van der Waals surface area contributed by atoms with E-state index in [4.69, 9.17) is 0 Å². The number of hydrogen-bond donors (Lipinski definition) is 1. The first kappa shape index (κ1) is 20.9. The van der Waals surface area contributed by atoms with Crippen LogP contribution in [-0.4, -0.2) is 33.5 Å². The van der Waals surface area contributed by atoms with Gasteiger partial charge >= 0.3 is 0 Å². The normalized spacial score (nSPS) is 17.2. The van der Waals surface area contributed by atoms with Crippen LogP contribution in [0.2, 0.25) is 0 Å². The standard InChI is InChI=1S/C20H29NO4/c1-12(2)7-9-15-19(24)18(16(22)11-14(5)6)20(25)21(15)17(23)10-8-13(3)4/h7-8,14-15,25H,9-11H2,1-6H3/t15-/m1/s1. The Kier molecular flexibility index (Phi) is 7.34. The molecule has 0 spiro atoms. The van der Waals surface area contributed by atoms with E-state index >= 15 is 0 Å². The van der Waals surface area contributed by atoms with E-state index < -0.39 is 23.5 Å². The molecule has 5 nitrogen and oxygen atoms in total. The second-order valence-electron chi connectivity index (χ2n) is 7.37. The summed E-state index contributed by atoms with van der Waals surface area (Å²) in [6.45, 7) is 11.3. The van der Waals surface area contributed by atoms with E-state index in [1.807, 2.05) is 47.6 Å². The topological polar surface area (TPSA) is 74.7 Å². The molecule has 0 saturated heterocycles. The SMILES string of the molecule is CC(C)=CCC(=O)N1C(O)=C(C(=O)CC(C)C)C(=O)[C@H]1CC=C(C)C. The quantitative estimate of drug-likeness (QED) is 0.560. The molecule has 0 fully saturated rings. The first-order valence-corrected chi connectivity index (χ1v) is 8.65. The fourth-order valence-corrected chi connectivity index (χ4v) is 2.64. The van der Waals surface area contributed by atoms with Crippen LogP contribution in [-0.2, 0) is 14.4 Å². The highest BCUT2D eigenvalue weighted by atomic mass is 16.3. The van der Waals surface area contributed by atoms with Crippen LogP contribution in [0.4, 0.5) is 0 Å². The highest BCUT2D eigenvalue weighted by Crippen LogP contribution is 2.29. The van der Waals surface area contributed by atoms with Gasteiger partial charge in [-0.15, -0.1) is 0 Å². The summed E-state index contributed by atoms with van der Waals surface area (Å²) in [6.07, 6.45) is 4.11. The Morgan fingerprint density at radius 2 is 1.68 bits per heavy atom. The molecule has 25 heavy (non-hydrogen) atoms. The molecule has 1 amide bonds. The zero-order chi connectivity index (χ0) is 19.3. The first-order chi connectivity index (χ1) is 11.6. The molecule has 5 heteroatoms. The van der Waals surface area contributed by atoms with Crippen molar-refractivity contribution in [2.45, 2.75) is 66.8 Å². The lowest BCUT2D eigenvalue weighted by Gasteiger charge is -2.22. The second kappa shape index (κ2) is 8.79. The fraction of sp³-hybridized carbons (Fsp3) is 0.550. The Hall–Kier alpha value is -2.17. The lowest BCUT2D eigenvalue weighted by Crippen LogP contribution is -2.38. The summed E-state index contributed by atoms with van der Waals surface area (Å²) in [7, 11) is 0. The minimum Gasteiger partial charge on any atom is -0.494 e. The number of aliphatic hydroxyl groups excluding tert-OH is 1. The van der Waals surface area contributed by atoms with E-state index in [0.717, 1.165) is 16.0 Å². The third kappa shape index (κ3) is 5.41. The predicted octanol–water partition coefficient (Wildman–Crippen LogP) is 3.86. The summed E-state index contributed by atoms with van der Waals surface area (Å²) in [5, 5.41) is 10.5. The largest absolute Gasteiger partial charge is 0.494 e. The summed E-state index contributed by atoms with van der Waals surface area (Å²) >= 11 is 0. The lowest BCUT2D eigenvalue weighted by atomic mass is 9.96. The van der Waals surface area contributed by atoms with E-state index in [9.17, 15) is 19.5 Å². The molecule has 0 radical (unpaired) electrons. The molecular weight excluding hydrogens is 318 g/mol. The third-order valence-electron chi connectivity index (χ3n) is 3.89. The number of hydrogen-bond acceptors (Lipinski definition) is 4. The van der Waals surface area contributed by atoms with Gasteiger partial charge in [-0.25, -0.2) is 0 Å². The predicted molar refractivity (Wildman–Crippen MR) is 97.9 cm³/mol. The van der Waals surface area contributed by atoms with Gasteiger partial charge in [0.1, 0.15) is 11.6 Å². The number of carbonyl (C=O) groups excluding carboxylic acids is 3. The van der Waals surface area contributed by atoms with Gasteiger partial charge in [0.05, 0.1) is 0 Å².